The Balaban J connectivity index is 1.38. The van der Waals surface area contributed by atoms with E-state index in [0.29, 0.717) is 44.2 Å². The van der Waals surface area contributed by atoms with Crippen LogP contribution >= 0.6 is 0 Å². The van der Waals surface area contributed by atoms with Crippen LogP contribution in [-0.2, 0) is 14.8 Å². The summed E-state index contributed by atoms with van der Waals surface area (Å²) in [7, 11) is -3.14. The van der Waals surface area contributed by atoms with E-state index in [9.17, 15) is 8.42 Å². The highest BCUT2D eigenvalue weighted by atomic mass is 32.2. The number of benzene rings is 1. The predicted octanol–water partition coefficient (Wildman–Crippen LogP) is 2.33. The van der Waals surface area contributed by atoms with Crippen LogP contribution in [0.3, 0.4) is 0 Å². The van der Waals surface area contributed by atoms with Gasteiger partial charge in [-0.15, -0.1) is 0 Å². The molecular weight excluding hydrogens is 442 g/mol. The van der Waals surface area contributed by atoms with Gasteiger partial charge in [-0.05, 0) is 31.0 Å². The molecule has 0 N–H and O–H groups in total. The van der Waals surface area contributed by atoms with E-state index in [2.05, 4.69) is 14.9 Å². The molecule has 0 unspecified atom stereocenters. The Hall–Kier alpha value is -2.82. The molecule has 2 aliphatic rings. The topological polar surface area (TPSA) is 97.8 Å². The maximum absolute atomic E-state index is 11.8. The molecule has 10 heteroatoms. The number of hydrogen-bond acceptors (Lipinski definition) is 8. The summed E-state index contributed by atoms with van der Waals surface area (Å²) in [6.45, 7) is 3.64. The molecule has 4 heterocycles. The molecule has 2 aromatic heterocycles. The first kappa shape index (κ1) is 22.0. The summed E-state index contributed by atoms with van der Waals surface area (Å²) >= 11 is 0. The van der Waals surface area contributed by atoms with Crippen molar-refractivity contribution in [3.8, 4) is 17.1 Å². The van der Waals surface area contributed by atoms with Gasteiger partial charge in [0.15, 0.2) is 5.52 Å². The second-order valence-electron chi connectivity index (χ2n) is 8.39. The van der Waals surface area contributed by atoms with Gasteiger partial charge in [0.2, 0.25) is 15.9 Å². The van der Waals surface area contributed by atoms with Crippen LogP contribution in [0.4, 0.5) is 5.69 Å². The molecule has 1 atom stereocenters. The molecule has 0 spiro atoms. The van der Waals surface area contributed by atoms with Gasteiger partial charge >= 0.3 is 0 Å². The summed E-state index contributed by atoms with van der Waals surface area (Å²) in [5.74, 6) is 0.479. The maximum Gasteiger partial charge on any atom is 0.243 e. The van der Waals surface area contributed by atoms with Gasteiger partial charge in [0.05, 0.1) is 24.1 Å². The summed E-state index contributed by atoms with van der Waals surface area (Å²) < 4.78 is 36.8. The number of hydrogen-bond donors (Lipinski definition) is 0. The summed E-state index contributed by atoms with van der Waals surface area (Å²) in [6.07, 6.45) is 6.42. The Morgan fingerprint density at radius 1 is 1.06 bits per heavy atom. The SMILES string of the molecule is CS(=O)(=O)N1CCN(c2ccc(-c3cc4nccnc4c(O[C@@H]4CCCOC4)n3)cc2)CC1. The van der Waals surface area contributed by atoms with Crippen molar-refractivity contribution in [1.29, 1.82) is 0 Å². The predicted molar refractivity (Wildman–Crippen MR) is 126 cm³/mol. The normalized spacial score (nSPS) is 20.2. The molecule has 2 fully saturated rings. The number of ether oxygens (including phenoxy) is 2. The fraction of sp³-hybridized carbons (Fsp3) is 0.435. The first-order chi connectivity index (χ1) is 16.0. The third-order valence-electron chi connectivity index (χ3n) is 6.06. The Labute approximate surface area is 193 Å². The molecule has 1 aromatic carbocycles. The molecule has 0 bridgehead atoms. The lowest BCUT2D eigenvalue weighted by Gasteiger charge is -2.34. The van der Waals surface area contributed by atoms with Crippen LogP contribution in [0.25, 0.3) is 22.3 Å². The zero-order chi connectivity index (χ0) is 22.8. The molecule has 174 valence electrons. The standard InChI is InChI=1S/C23H27N5O4S/c1-33(29,30)28-12-10-27(11-13-28)18-6-4-17(5-7-18)20-15-21-22(25-9-8-24-21)23(26-20)32-19-3-2-14-31-16-19/h4-9,15,19H,2-3,10-14,16H2,1H3/t19-/m1/s1. The molecule has 0 aliphatic carbocycles. The number of fused-ring (bicyclic) bond motifs is 1. The molecular formula is C23H27N5O4S. The maximum atomic E-state index is 11.8. The molecule has 9 nitrogen and oxygen atoms in total. The highest BCUT2D eigenvalue weighted by molar-refractivity contribution is 7.88. The lowest BCUT2D eigenvalue weighted by Crippen LogP contribution is -2.48. The van der Waals surface area contributed by atoms with Crippen LogP contribution in [0.15, 0.2) is 42.7 Å². The van der Waals surface area contributed by atoms with E-state index in [1.165, 1.54) is 10.6 Å². The van der Waals surface area contributed by atoms with E-state index in [1.54, 1.807) is 12.4 Å². The van der Waals surface area contributed by atoms with Gasteiger partial charge in [0.1, 0.15) is 6.10 Å². The van der Waals surface area contributed by atoms with Gasteiger partial charge in [-0.25, -0.2) is 18.4 Å². The Morgan fingerprint density at radius 3 is 2.52 bits per heavy atom. The van der Waals surface area contributed by atoms with Gasteiger partial charge in [-0.2, -0.15) is 4.31 Å². The minimum absolute atomic E-state index is 0.0420. The zero-order valence-corrected chi connectivity index (χ0v) is 19.4. The average molecular weight is 470 g/mol. The Morgan fingerprint density at radius 2 is 1.82 bits per heavy atom. The van der Waals surface area contributed by atoms with Crippen molar-refractivity contribution in [3.05, 3.63) is 42.7 Å². The van der Waals surface area contributed by atoms with E-state index in [4.69, 9.17) is 14.5 Å². The lowest BCUT2D eigenvalue weighted by molar-refractivity contribution is 0.00618. The van der Waals surface area contributed by atoms with Gasteiger partial charge < -0.3 is 14.4 Å². The van der Waals surface area contributed by atoms with E-state index < -0.39 is 10.0 Å². The van der Waals surface area contributed by atoms with Crippen LogP contribution in [0, 0.1) is 0 Å². The highest BCUT2D eigenvalue weighted by Crippen LogP contribution is 2.30. The number of rotatable bonds is 5. The van der Waals surface area contributed by atoms with Crippen LogP contribution < -0.4 is 9.64 Å². The molecule has 5 rings (SSSR count). The largest absolute Gasteiger partial charge is 0.470 e. The molecule has 2 saturated heterocycles. The summed E-state index contributed by atoms with van der Waals surface area (Å²) in [5, 5.41) is 0. The van der Waals surface area contributed by atoms with Crippen LogP contribution in [-0.4, -0.2) is 79.4 Å². The van der Waals surface area contributed by atoms with Gasteiger partial charge in [0.25, 0.3) is 0 Å². The first-order valence-electron chi connectivity index (χ1n) is 11.1. The first-order valence-corrected chi connectivity index (χ1v) is 13.0. The quantitative estimate of drug-likeness (QED) is 0.562. The Bertz CT molecular complexity index is 1220. The fourth-order valence-electron chi connectivity index (χ4n) is 4.26. The van der Waals surface area contributed by atoms with E-state index in [1.807, 2.05) is 30.3 Å². The van der Waals surface area contributed by atoms with Gasteiger partial charge in [-0.3, -0.25) is 4.98 Å². The molecule has 0 radical (unpaired) electrons. The third kappa shape index (κ3) is 4.92. The minimum Gasteiger partial charge on any atom is -0.470 e. The molecule has 3 aromatic rings. The molecule has 0 amide bonds. The van der Waals surface area contributed by atoms with Crippen LogP contribution in [0.2, 0.25) is 0 Å². The second-order valence-corrected chi connectivity index (χ2v) is 10.4. The monoisotopic (exact) mass is 469 g/mol. The van der Waals surface area contributed by atoms with Crippen molar-refractivity contribution in [2.24, 2.45) is 0 Å². The van der Waals surface area contributed by atoms with Crippen molar-refractivity contribution in [3.63, 3.8) is 0 Å². The Kier molecular flexibility index (Phi) is 6.13. The average Bonchev–Trinajstić information content (AvgIpc) is 2.84. The zero-order valence-electron chi connectivity index (χ0n) is 18.6. The van der Waals surface area contributed by atoms with Crippen LogP contribution in [0.1, 0.15) is 12.8 Å². The molecule has 33 heavy (non-hydrogen) atoms. The van der Waals surface area contributed by atoms with Crippen molar-refractivity contribution in [2.75, 3.05) is 50.5 Å². The van der Waals surface area contributed by atoms with E-state index >= 15 is 0 Å². The number of anilines is 1. The van der Waals surface area contributed by atoms with E-state index in [0.717, 1.165) is 41.9 Å². The highest BCUT2D eigenvalue weighted by Gasteiger charge is 2.24. The van der Waals surface area contributed by atoms with Crippen LogP contribution in [0.5, 0.6) is 5.88 Å². The number of nitrogens with zero attached hydrogens (tertiary/aromatic N) is 5. The summed E-state index contributed by atoms with van der Waals surface area (Å²) in [6, 6.07) is 10.1. The fourth-order valence-corrected chi connectivity index (χ4v) is 5.08. The van der Waals surface area contributed by atoms with Gasteiger partial charge in [0, 0.05) is 56.4 Å². The van der Waals surface area contributed by atoms with Crippen molar-refractivity contribution in [1.82, 2.24) is 19.3 Å². The number of sulfonamides is 1. The summed E-state index contributed by atoms with van der Waals surface area (Å²) in [4.78, 5) is 15.9. The molecule has 0 saturated carbocycles. The minimum atomic E-state index is -3.14. The number of pyridine rings is 1. The summed E-state index contributed by atoms with van der Waals surface area (Å²) in [5.41, 5.74) is 4.15. The van der Waals surface area contributed by atoms with Crippen molar-refractivity contribution >= 4 is 26.7 Å². The third-order valence-corrected chi connectivity index (χ3v) is 7.36. The number of aromatic nitrogens is 3. The van der Waals surface area contributed by atoms with Crippen molar-refractivity contribution in [2.45, 2.75) is 18.9 Å². The van der Waals surface area contributed by atoms with E-state index in [-0.39, 0.29) is 6.10 Å². The number of piperazine rings is 1. The van der Waals surface area contributed by atoms with Crippen molar-refractivity contribution < 1.29 is 17.9 Å². The second kappa shape index (κ2) is 9.20. The lowest BCUT2D eigenvalue weighted by atomic mass is 10.1. The smallest absolute Gasteiger partial charge is 0.243 e. The van der Waals surface area contributed by atoms with Gasteiger partial charge in [-0.1, -0.05) is 12.1 Å². The molecule has 2 aliphatic heterocycles.